The van der Waals surface area contributed by atoms with E-state index < -0.39 is 47.4 Å². The summed E-state index contributed by atoms with van der Waals surface area (Å²) in [6.07, 6.45) is -0.349. The topological polar surface area (TPSA) is 151 Å². The third kappa shape index (κ3) is 7.12. The van der Waals surface area contributed by atoms with E-state index >= 15 is 0 Å². The summed E-state index contributed by atoms with van der Waals surface area (Å²) in [5, 5.41) is 17.2. The van der Waals surface area contributed by atoms with Crippen LogP contribution in [0.3, 0.4) is 0 Å². The Morgan fingerprint density at radius 1 is 0.725 bits per heavy atom. The third-order valence-corrected chi connectivity index (χ3v) is 6.67. The Labute approximate surface area is 234 Å². The molecule has 0 aromatic heterocycles. The molecule has 0 fully saturated rings. The van der Waals surface area contributed by atoms with Crippen LogP contribution in [0.4, 0.5) is 0 Å². The van der Waals surface area contributed by atoms with Crippen LogP contribution < -0.4 is 21.7 Å². The predicted octanol–water partition coefficient (Wildman–Crippen LogP) is 2.54. The number of carbonyl (C=O) groups is 4. The van der Waals surface area contributed by atoms with Crippen molar-refractivity contribution in [1.82, 2.24) is 16.0 Å². The molecule has 0 saturated heterocycles. The van der Waals surface area contributed by atoms with Crippen LogP contribution in [0.2, 0.25) is 0 Å². The Morgan fingerprint density at radius 2 is 1.15 bits per heavy atom. The monoisotopic (exact) mass is 544 g/mol. The second-order valence-electron chi connectivity index (χ2n) is 10.0. The molecule has 0 aliphatic rings. The number of carbonyl (C=O) groups excluding carboxylic acids is 3. The molecule has 0 unspecified atom stereocenters. The first kappa shape index (κ1) is 30.0. The average molecular weight is 545 g/mol. The Bertz CT molecular complexity index is 1200. The maximum Gasteiger partial charge on any atom is 0.325 e. The molecule has 0 saturated carbocycles. The Morgan fingerprint density at radius 3 is 1.52 bits per heavy atom. The molecule has 3 aromatic rings. The molecule has 3 atom stereocenters. The highest BCUT2D eigenvalue weighted by Crippen LogP contribution is 2.36. The lowest BCUT2D eigenvalue weighted by atomic mass is 9.77. The summed E-state index contributed by atoms with van der Waals surface area (Å²) < 4.78 is 0. The lowest BCUT2D eigenvalue weighted by Gasteiger charge is -2.37. The van der Waals surface area contributed by atoms with Gasteiger partial charge in [0.15, 0.2) is 0 Å². The molecule has 9 heteroatoms. The largest absolute Gasteiger partial charge is 0.480 e. The number of nitrogens with one attached hydrogen (secondary N) is 3. The molecule has 0 aliphatic carbocycles. The van der Waals surface area contributed by atoms with Crippen molar-refractivity contribution in [3.8, 4) is 0 Å². The molecule has 3 rings (SSSR count). The van der Waals surface area contributed by atoms with Crippen LogP contribution in [0.25, 0.3) is 0 Å². The first-order chi connectivity index (χ1) is 19.1. The van der Waals surface area contributed by atoms with E-state index in [1.165, 1.54) is 6.92 Å². The quantitative estimate of drug-likeness (QED) is 0.221. The van der Waals surface area contributed by atoms with Crippen molar-refractivity contribution in [3.63, 3.8) is 0 Å². The number of rotatable bonds is 12. The van der Waals surface area contributed by atoms with Crippen molar-refractivity contribution < 1.29 is 24.3 Å². The van der Waals surface area contributed by atoms with Crippen molar-refractivity contribution in [2.45, 2.75) is 50.9 Å². The number of hydrogen-bond donors (Lipinski definition) is 5. The molecule has 0 bridgehead atoms. The van der Waals surface area contributed by atoms with Crippen molar-refractivity contribution in [2.24, 2.45) is 11.7 Å². The second-order valence-corrected chi connectivity index (χ2v) is 10.0. The molecular weight excluding hydrogens is 508 g/mol. The van der Waals surface area contributed by atoms with Crippen LogP contribution in [0, 0.1) is 5.92 Å². The Hall–Kier alpha value is -4.50. The molecule has 0 radical (unpaired) electrons. The van der Waals surface area contributed by atoms with Crippen LogP contribution in [-0.2, 0) is 24.7 Å². The molecule has 0 heterocycles. The number of hydrogen-bond acceptors (Lipinski definition) is 5. The summed E-state index contributed by atoms with van der Waals surface area (Å²) in [7, 11) is 0. The first-order valence-corrected chi connectivity index (χ1v) is 13.1. The summed E-state index contributed by atoms with van der Waals surface area (Å²) in [5.41, 5.74) is 7.55. The summed E-state index contributed by atoms with van der Waals surface area (Å²) in [5.74, 6) is -3.37. The molecule has 40 heavy (non-hydrogen) atoms. The summed E-state index contributed by atoms with van der Waals surface area (Å²) in [6.45, 7) is 4.75. The van der Waals surface area contributed by atoms with E-state index in [1.807, 2.05) is 91.0 Å². The van der Waals surface area contributed by atoms with Gasteiger partial charge in [0, 0.05) is 0 Å². The van der Waals surface area contributed by atoms with E-state index in [2.05, 4.69) is 16.0 Å². The van der Waals surface area contributed by atoms with Gasteiger partial charge < -0.3 is 26.8 Å². The average Bonchev–Trinajstić information content (AvgIpc) is 2.95. The minimum Gasteiger partial charge on any atom is -0.480 e. The van der Waals surface area contributed by atoms with Gasteiger partial charge >= 0.3 is 5.97 Å². The van der Waals surface area contributed by atoms with Gasteiger partial charge in [0.25, 0.3) is 0 Å². The molecule has 9 nitrogen and oxygen atoms in total. The maximum atomic E-state index is 13.6. The van der Waals surface area contributed by atoms with Crippen molar-refractivity contribution in [1.29, 1.82) is 0 Å². The fraction of sp³-hybridized carbons (Fsp3) is 0.290. The number of amides is 3. The zero-order valence-electron chi connectivity index (χ0n) is 22.8. The second kappa shape index (κ2) is 13.5. The van der Waals surface area contributed by atoms with Gasteiger partial charge in [-0.05, 0) is 29.5 Å². The van der Waals surface area contributed by atoms with Crippen LogP contribution >= 0.6 is 0 Å². The number of carboxylic acid groups (broad SMARTS) is 1. The first-order valence-electron chi connectivity index (χ1n) is 13.1. The van der Waals surface area contributed by atoms with E-state index in [1.54, 1.807) is 13.8 Å². The van der Waals surface area contributed by atoms with E-state index in [4.69, 9.17) is 10.8 Å². The lowest BCUT2D eigenvalue weighted by Crippen LogP contribution is -2.56. The summed E-state index contributed by atoms with van der Waals surface area (Å²) >= 11 is 0. The van der Waals surface area contributed by atoms with E-state index in [9.17, 15) is 19.2 Å². The number of aliphatic carboxylic acids is 1. The normalized spacial score (nSPS) is 13.5. The number of carboxylic acids is 1. The highest BCUT2D eigenvalue weighted by molar-refractivity contribution is 5.94. The summed E-state index contributed by atoms with van der Waals surface area (Å²) in [6, 6.07) is 25.2. The predicted molar refractivity (Wildman–Crippen MR) is 152 cm³/mol. The molecule has 0 spiro atoms. The Kier molecular flexibility index (Phi) is 10.2. The van der Waals surface area contributed by atoms with E-state index in [0.29, 0.717) is 0 Å². The van der Waals surface area contributed by atoms with Gasteiger partial charge in [-0.2, -0.15) is 0 Å². The maximum absolute atomic E-state index is 13.6. The van der Waals surface area contributed by atoms with Crippen LogP contribution in [0.5, 0.6) is 0 Å². The van der Waals surface area contributed by atoms with Gasteiger partial charge in [0.1, 0.15) is 17.6 Å². The van der Waals surface area contributed by atoms with Gasteiger partial charge in [-0.15, -0.1) is 0 Å². The smallest absolute Gasteiger partial charge is 0.325 e. The number of nitrogens with two attached hydrogens (primary N) is 1. The van der Waals surface area contributed by atoms with Crippen molar-refractivity contribution in [2.75, 3.05) is 0 Å². The van der Waals surface area contributed by atoms with E-state index in [0.717, 1.165) is 16.7 Å². The molecule has 0 aliphatic heterocycles. The Balaban J connectivity index is 1.86. The highest BCUT2D eigenvalue weighted by Gasteiger charge is 2.38. The molecule has 3 amide bonds. The molecular formula is C31H36N4O5. The van der Waals surface area contributed by atoms with Gasteiger partial charge in [-0.1, -0.05) is 105 Å². The fourth-order valence-electron chi connectivity index (χ4n) is 4.49. The fourth-order valence-corrected chi connectivity index (χ4v) is 4.49. The van der Waals surface area contributed by atoms with Gasteiger partial charge in [0.2, 0.25) is 17.7 Å². The van der Waals surface area contributed by atoms with Gasteiger partial charge in [-0.3, -0.25) is 19.2 Å². The zero-order chi connectivity index (χ0) is 29.3. The lowest BCUT2D eigenvalue weighted by molar-refractivity contribution is -0.142. The van der Waals surface area contributed by atoms with E-state index in [-0.39, 0.29) is 12.3 Å². The SMILES string of the molecule is CC(C)[C@H](NC(=O)[C@@H](N)CC(=O)NC(c1ccccc1)(c1ccccc1)c1ccccc1)C(=O)N[C@@H](C)C(=O)O. The van der Waals surface area contributed by atoms with Crippen LogP contribution in [0.1, 0.15) is 43.9 Å². The number of benzene rings is 3. The van der Waals surface area contributed by atoms with Gasteiger partial charge in [0.05, 0.1) is 12.5 Å². The van der Waals surface area contributed by atoms with Crippen LogP contribution in [0.15, 0.2) is 91.0 Å². The van der Waals surface area contributed by atoms with Crippen molar-refractivity contribution in [3.05, 3.63) is 108 Å². The third-order valence-electron chi connectivity index (χ3n) is 6.67. The zero-order valence-corrected chi connectivity index (χ0v) is 22.8. The minimum atomic E-state index is -1.26. The van der Waals surface area contributed by atoms with Gasteiger partial charge in [-0.25, -0.2) is 0 Å². The molecule has 210 valence electrons. The summed E-state index contributed by atoms with van der Waals surface area (Å²) in [4.78, 5) is 50.3. The van der Waals surface area contributed by atoms with Crippen molar-refractivity contribution >= 4 is 23.7 Å². The van der Waals surface area contributed by atoms with Crippen LogP contribution in [-0.4, -0.2) is 46.9 Å². The standard InChI is InChI=1S/C31H36N4O5/c1-20(2)27(29(38)33-21(3)30(39)40)34-28(37)25(32)19-26(36)35-31(22-13-7-4-8-14-22,23-15-9-5-10-16-23)24-17-11-6-12-18-24/h4-18,20-21,25,27H,19,32H2,1-3H3,(H,33,38)(H,34,37)(H,35,36)(H,39,40)/t21-,25-,27-/m0/s1. The minimum absolute atomic E-state index is 0.349. The highest BCUT2D eigenvalue weighted by atomic mass is 16.4. The molecule has 3 aromatic carbocycles. The molecule has 6 N–H and O–H groups in total.